The Morgan fingerprint density at radius 1 is 1.19 bits per heavy atom. The first-order chi connectivity index (χ1) is 14.9. The minimum absolute atomic E-state index is 0.236. The van der Waals surface area contributed by atoms with Gasteiger partial charge in [-0.25, -0.2) is 9.79 Å². The SMILES string of the molecule is COC(=O)C1=C(C)N=c2s/c(=C\c3cccs3)c(=O)n2C1c1ccc(OC(C)=O)cc1. The number of hydrogen-bond donors (Lipinski definition) is 0. The largest absolute Gasteiger partial charge is 0.466 e. The van der Waals surface area contributed by atoms with Crippen molar-refractivity contribution >= 4 is 40.7 Å². The monoisotopic (exact) mass is 454 g/mol. The maximum Gasteiger partial charge on any atom is 0.338 e. The Hall–Kier alpha value is -3.30. The Balaban J connectivity index is 1.91. The number of thiazole rings is 1. The molecule has 1 unspecified atom stereocenters. The third-order valence-corrected chi connectivity index (χ3v) is 6.50. The summed E-state index contributed by atoms with van der Waals surface area (Å²) in [6.45, 7) is 3.05. The number of nitrogens with zero attached hydrogens (tertiary/aromatic N) is 2. The fraction of sp³-hybridized carbons (Fsp3) is 0.182. The van der Waals surface area contributed by atoms with E-state index in [-0.39, 0.29) is 11.1 Å². The maximum absolute atomic E-state index is 13.3. The van der Waals surface area contributed by atoms with E-state index in [4.69, 9.17) is 9.47 Å². The standard InChI is InChI=1S/C22H18N2O5S2/c1-12-18(21(27)28-3)19(14-6-8-15(9-7-14)29-13(2)25)24-20(26)17(31-22(24)23-12)11-16-5-4-10-30-16/h4-11,19H,1-3H3/b17-11-. The normalized spacial score (nSPS) is 16.0. The van der Waals surface area contributed by atoms with Crippen LogP contribution in [0.3, 0.4) is 0 Å². The number of carbonyl (C=O) groups excluding carboxylic acids is 2. The molecule has 1 aliphatic heterocycles. The average molecular weight is 455 g/mol. The minimum Gasteiger partial charge on any atom is -0.466 e. The number of rotatable bonds is 4. The predicted octanol–water partition coefficient (Wildman–Crippen LogP) is 2.40. The summed E-state index contributed by atoms with van der Waals surface area (Å²) in [5.41, 5.74) is 1.22. The first-order valence-electron chi connectivity index (χ1n) is 9.32. The van der Waals surface area contributed by atoms with E-state index in [2.05, 4.69) is 4.99 Å². The van der Waals surface area contributed by atoms with Crippen LogP contribution in [0.4, 0.5) is 0 Å². The van der Waals surface area contributed by atoms with Crippen molar-refractivity contribution in [2.75, 3.05) is 7.11 Å². The third kappa shape index (κ3) is 4.01. The van der Waals surface area contributed by atoms with Crippen molar-refractivity contribution < 1.29 is 19.1 Å². The number of methoxy groups -OCH3 is 1. The molecular formula is C22H18N2O5S2. The molecule has 158 valence electrons. The summed E-state index contributed by atoms with van der Waals surface area (Å²) in [5, 5.41) is 1.94. The van der Waals surface area contributed by atoms with E-state index in [0.29, 0.717) is 26.3 Å². The van der Waals surface area contributed by atoms with Crippen molar-refractivity contribution in [1.29, 1.82) is 0 Å². The summed E-state index contributed by atoms with van der Waals surface area (Å²) < 4.78 is 12.1. The van der Waals surface area contributed by atoms with Gasteiger partial charge in [-0.3, -0.25) is 14.2 Å². The number of carbonyl (C=O) groups is 2. The maximum atomic E-state index is 13.3. The molecule has 0 radical (unpaired) electrons. The van der Waals surface area contributed by atoms with Gasteiger partial charge in [-0.05, 0) is 42.1 Å². The molecule has 0 fully saturated rings. The highest BCUT2D eigenvalue weighted by molar-refractivity contribution is 7.11. The second kappa shape index (κ2) is 8.44. The van der Waals surface area contributed by atoms with Crippen LogP contribution < -0.4 is 19.6 Å². The summed E-state index contributed by atoms with van der Waals surface area (Å²) in [6.07, 6.45) is 1.83. The summed E-state index contributed by atoms with van der Waals surface area (Å²) >= 11 is 2.81. The van der Waals surface area contributed by atoms with Gasteiger partial charge in [0, 0.05) is 11.8 Å². The fourth-order valence-electron chi connectivity index (χ4n) is 3.39. The zero-order valence-electron chi connectivity index (χ0n) is 16.9. The lowest BCUT2D eigenvalue weighted by Gasteiger charge is -2.24. The van der Waals surface area contributed by atoms with Crippen molar-refractivity contribution in [3.63, 3.8) is 0 Å². The molecule has 1 aliphatic rings. The Labute approximate surface area is 185 Å². The second-order valence-electron chi connectivity index (χ2n) is 6.75. The third-order valence-electron chi connectivity index (χ3n) is 4.70. The van der Waals surface area contributed by atoms with Crippen LogP contribution in [-0.2, 0) is 14.3 Å². The average Bonchev–Trinajstić information content (AvgIpc) is 3.35. The number of esters is 2. The van der Waals surface area contributed by atoms with Gasteiger partial charge in [-0.2, -0.15) is 0 Å². The number of fused-ring (bicyclic) bond motifs is 1. The van der Waals surface area contributed by atoms with Gasteiger partial charge >= 0.3 is 11.9 Å². The molecule has 1 atom stereocenters. The zero-order chi connectivity index (χ0) is 22.1. The number of thiophene rings is 1. The summed E-state index contributed by atoms with van der Waals surface area (Å²) in [7, 11) is 1.30. The molecule has 31 heavy (non-hydrogen) atoms. The van der Waals surface area contributed by atoms with E-state index in [1.165, 1.54) is 41.3 Å². The molecule has 7 nitrogen and oxygen atoms in total. The van der Waals surface area contributed by atoms with Gasteiger partial charge < -0.3 is 9.47 Å². The lowest BCUT2D eigenvalue weighted by molar-refractivity contribution is -0.136. The quantitative estimate of drug-likeness (QED) is 0.446. The Morgan fingerprint density at radius 3 is 2.55 bits per heavy atom. The van der Waals surface area contributed by atoms with Crippen molar-refractivity contribution in [3.05, 3.63) is 83.2 Å². The predicted molar refractivity (Wildman–Crippen MR) is 118 cm³/mol. The van der Waals surface area contributed by atoms with E-state index in [1.807, 2.05) is 23.6 Å². The molecule has 9 heteroatoms. The molecule has 3 aromatic rings. The molecule has 4 rings (SSSR count). The van der Waals surface area contributed by atoms with Crippen LogP contribution in [0.15, 0.2) is 62.8 Å². The molecule has 0 bridgehead atoms. The highest BCUT2D eigenvalue weighted by Gasteiger charge is 2.33. The lowest BCUT2D eigenvalue weighted by Crippen LogP contribution is -2.39. The number of hydrogen-bond acceptors (Lipinski definition) is 8. The molecular weight excluding hydrogens is 436 g/mol. The molecule has 3 heterocycles. The van der Waals surface area contributed by atoms with Gasteiger partial charge in [-0.15, -0.1) is 11.3 Å². The van der Waals surface area contributed by atoms with Crippen LogP contribution >= 0.6 is 22.7 Å². The summed E-state index contributed by atoms with van der Waals surface area (Å²) in [4.78, 5) is 43.2. The number of aromatic nitrogens is 1. The Morgan fingerprint density at radius 2 is 1.94 bits per heavy atom. The van der Waals surface area contributed by atoms with Crippen molar-refractivity contribution in [2.24, 2.45) is 4.99 Å². The molecule has 0 spiro atoms. The van der Waals surface area contributed by atoms with E-state index in [1.54, 1.807) is 31.2 Å². The highest BCUT2D eigenvalue weighted by Crippen LogP contribution is 2.31. The van der Waals surface area contributed by atoms with E-state index in [9.17, 15) is 14.4 Å². The van der Waals surface area contributed by atoms with Gasteiger partial charge in [0.25, 0.3) is 5.56 Å². The molecule has 0 aliphatic carbocycles. The molecule has 0 saturated heterocycles. The van der Waals surface area contributed by atoms with E-state index >= 15 is 0 Å². The smallest absolute Gasteiger partial charge is 0.338 e. The molecule has 2 aromatic heterocycles. The fourth-order valence-corrected chi connectivity index (χ4v) is 5.16. The first-order valence-corrected chi connectivity index (χ1v) is 11.0. The van der Waals surface area contributed by atoms with Crippen LogP contribution in [0, 0.1) is 0 Å². The Bertz CT molecular complexity index is 1360. The van der Waals surface area contributed by atoms with Crippen LogP contribution in [0.2, 0.25) is 0 Å². The van der Waals surface area contributed by atoms with Gasteiger partial charge in [0.2, 0.25) is 0 Å². The zero-order valence-corrected chi connectivity index (χ0v) is 18.6. The molecule has 0 amide bonds. The molecule has 0 saturated carbocycles. The van der Waals surface area contributed by atoms with E-state index in [0.717, 1.165) is 4.88 Å². The second-order valence-corrected chi connectivity index (χ2v) is 8.74. The summed E-state index contributed by atoms with van der Waals surface area (Å²) in [6, 6.07) is 9.84. The number of allylic oxidation sites excluding steroid dienone is 1. The van der Waals surface area contributed by atoms with Crippen LogP contribution in [-0.4, -0.2) is 23.6 Å². The van der Waals surface area contributed by atoms with Gasteiger partial charge in [0.05, 0.1) is 29.0 Å². The number of ether oxygens (including phenoxy) is 2. The highest BCUT2D eigenvalue weighted by atomic mass is 32.1. The minimum atomic E-state index is -0.708. The van der Waals surface area contributed by atoms with Crippen LogP contribution in [0.5, 0.6) is 5.75 Å². The van der Waals surface area contributed by atoms with Gasteiger partial charge in [0.1, 0.15) is 5.75 Å². The van der Waals surface area contributed by atoms with Crippen molar-refractivity contribution in [3.8, 4) is 5.75 Å². The van der Waals surface area contributed by atoms with Crippen molar-refractivity contribution in [1.82, 2.24) is 4.57 Å². The Kier molecular flexibility index (Phi) is 5.71. The van der Waals surface area contributed by atoms with E-state index < -0.39 is 18.0 Å². The van der Waals surface area contributed by atoms with Crippen LogP contribution in [0.1, 0.15) is 30.3 Å². The van der Waals surface area contributed by atoms with Gasteiger partial charge in [-0.1, -0.05) is 29.5 Å². The number of benzene rings is 1. The lowest BCUT2D eigenvalue weighted by atomic mass is 9.96. The first kappa shape index (κ1) is 21.0. The van der Waals surface area contributed by atoms with Crippen molar-refractivity contribution in [2.45, 2.75) is 19.9 Å². The van der Waals surface area contributed by atoms with Gasteiger partial charge in [0.15, 0.2) is 4.80 Å². The molecule has 1 aromatic carbocycles. The van der Waals surface area contributed by atoms with Crippen LogP contribution in [0.25, 0.3) is 6.08 Å². The molecule has 0 N–H and O–H groups in total. The topological polar surface area (TPSA) is 87.0 Å². The summed E-state index contributed by atoms with van der Waals surface area (Å²) in [5.74, 6) is -0.607.